The normalized spacial score (nSPS) is 17.1. The van der Waals surface area contributed by atoms with Crippen molar-refractivity contribution in [1.29, 1.82) is 0 Å². The maximum absolute atomic E-state index is 13.5. The van der Waals surface area contributed by atoms with E-state index in [9.17, 15) is 22.8 Å². The summed E-state index contributed by atoms with van der Waals surface area (Å²) in [6.07, 6.45) is -2.15. The van der Waals surface area contributed by atoms with E-state index in [-0.39, 0.29) is 29.6 Å². The van der Waals surface area contributed by atoms with E-state index in [1.165, 1.54) is 12.4 Å². The minimum Gasteiger partial charge on any atom is -0.322 e. The van der Waals surface area contributed by atoms with Crippen LogP contribution in [0.4, 0.5) is 19.1 Å². The van der Waals surface area contributed by atoms with Gasteiger partial charge in [-0.25, -0.2) is 4.98 Å². The Morgan fingerprint density at radius 2 is 2.15 bits per heavy atom. The number of alkyl halides is 3. The lowest BCUT2D eigenvalue weighted by molar-refractivity contribution is -0.152. The fourth-order valence-corrected chi connectivity index (χ4v) is 3.13. The predicted molar refractivity (Wildman–Crippen MR) is 88.6 cm³/mol. The molecule has 3 heterocycles. The third-order valence-corrected chi connectivity index (χ3v) is 4.44. The highest BCUT2D eigenvalue weighted by atomic mass is 35.5. The minimum absolute atomic E-state index is 0.154. The third-order valence-electron chi connectivity index (χ3n) is 4.25. The van der Waals surface area contributed by atoms with E-state index in [0.717, 1.165) is 15.5 Å². The van der Waals surface area contributed by atoms with Crippen LogP contribution in [0.5, 0.6) is 0 Å². The van der Waals surface area contributed by atoms with Gasteiger partial charge < -0.3 is 4.90 Å². The molecule has 0 saturated carbocycles. The fraction of sp³-hybridized carbons (Fsp3) is 0.375. The molecule has 1 aliphatic rings. The van der Waals surface area contributed by atoms with Gasteiger partial charge in [-0.15, -0.1) is 0 Å². The maximum Gasteiger partial charge on any atom is 0.408 e. The highest BCUT2D eigenvalue weighted by molar-refractivity contribution is 6.29. The van der Waals surface area contributed by atoms with Gasteiger partial charge >= 0.3 is 6.18 Å². The number of aryl methyl sites for hydroxylation is 1. The van der Waals surface area contributed by atoms with Crippen LogP contribution in [-0.4, -0.2) is 39.1 Å². The second-order valence-corrected chi connectivity index (χ2v) is 6.34. The van der Waals surface area contributed by atoms with Gasteiger partial charge in [0, 0.05) is 30.6 Å². The van der Waals surface area contributed by atoms with E-state index in [0.29, 0.717) is 5.56 Å². The molecule has 0 radical (unpaired) electrons. The van der Waals surface area contributed by atoms with Crippen LogP contribution in [0, 0.1) is 6.92 Å². The van der Waals surface area contributed by atoms with Gasteiger partial charge in [-0.3, -0.25) is 19.1 Å². The van der Waals surface area contributed by atoms with Crippen molar-refractivity contribution in [3.05, 3.63) is 51.2 Å². The van der Waals surface area contributed by atoms with E-state index < -0.39 is 30.1 Å². The quantitative estimate of drug-likeness (QED) is 0.599. The average molecular weight is 387 g/mol. The molecule has 2 aromatic heterocycles. The number of hydrogen-bond donors (Lipinski definition) is 0. The largest absolute Gasteiger partial charge is 0.408 e. The molecule has 1 aliphatic heterocycles. The molecule has 10 heteroatoms. The van der Waals surface area contributed by atoms with Gasteiger partial charge in [0.05, 0.1) is 6.54 Å². The lowest BCUT2D eigenvalue weighted by atomic mass is 10.0. The highest BCUT2D eigenvalue weighted by Gasteiger charge is 2.47. The average Bonchev–Trinajstić information content (AvgIpc) is 2.54. The molecule has 0 spiro atoms. The lowest BCUT2D eigenvalue weighted by Gasteiger charge is -2.38. The maximum atomic E-state index is 13.5. The van der Waals surface area contributed by atoms with Crippen LogP contribution in [-0.2, 0) is 6.54 Å². The number of Topliss-reactive ketones (excluding diaryl/α,β-unsaturated/α-hetero) is 1. The van der Waals surface area contributed by atoms with Gasteiger partial charge in [0.2, 0.25) is 5.95 Å². The van der Waals surface area contributed by atoms with Crippen molar-refractivity contribution in [3.63, 3.8) is 0 Å². The van der Waals surface area contributed by atoms with Crippen molar-refractivity contribution in [2.45, 2.75) is 32.1 Å². The van der Waals surface area contributed by atoms with E-state index >= 15 is 0 Å². The molecule has 138 valence electrons. The summed E-state index contributed by atoms with van der Waals surface area (Å²) in [4.78, 5) is 33.1. The number of pyridine rings is 1. The second-order valence-electron chi connectivity index (χ2n) is 5.96. The summed E-state index contributed by atoms with van der Waals surface area (Å²) < 4.78 is 41.6. The van der Waals surface area contributed by atoms with Crippen molar-refractivity contribution in [1.82, 2.24) is 14.5 Å². The summed E-state index contributed by atoms with van der Waals surface area (Å²) in [6.45, 7) is 0.919. The molecule has 0 saturated heterocycles. The summed E-state index contributed by atoms with van der Waals surface area (Å²) >= 11 is 5.76. The van der Waals surface area contributed by atoms with Crippen molar-refractivity contribution in [2.24, 2.45) is 0 Å². The Morgan fingerprint density at radius 1 is 1.42 bits per heavy atom. The van der Waals surface area contributed by atoms with Gasteiger partial charge in [0.15, 0.2) is 5.78 Å². The molecule has 0 amide bonds. The molecule has 3 rings (SSSR count). The van der Waals surface area contributed by atoms with Crippen LogP contribution in [0.1, 0.15) is 22.3 Å². The van der Waals surface area contributed by atoms with E-state index in [2.05, 4.69) is 9.97 Å². The summed E-state index contributed by atoms with van der Waals surface area (Å²) in [5.74, 6) is -0.807. The van der Waals surface area contributed by atoms with Crippen LogP contribution >= 0.6 is 11.6 Å². The van der Waals surface area contributed by atoms with Crippen LogP contribution in [0.25, 0.3) is 0 Å². The number of halogens is 4. The van der Waals surface area contributed by atoms with Gasteiger partial charge in [-0.2, -0.15) is 13.2 Å². The first-order chi connectivity index (χ1) is 12.2. The van der Waals surface area contributed by atoms with E-state index in [1.807, 2.05) is 0 Å². The van der Waals surface area contributed by atoms with Gasteiger partial charge in [-0.1, -0.05) is 11.6 Å². The van der Waals surface area contributed by atoms with E-state index in [4.69, 9.17) is 11.6 Å². The van der Waals surface area contributed by atoms with Gasteiger partial charge in [0.25, 0.3) is 5.56 Å². The number of carbonyl (C=O) groups is 1. The first-order valence-corrected chi connectivity index (χ1v) is 8.11. The number of nitrogens with zero attached hydrogens (tertiary/aromatic N) is 4. The second kappa shape index (κ2) is 6.71. The number of ketones is 1. The molecule has 0 N–H and O–H groups in total. The number of carbonyl (C=O) groups excluding carboxylic acids is 1. The van der Waals surface area contributed by atoms with Crippen molar-refractivity contribution in [2.75, 3.05) is 11.4 Å². The Bertz CT molecular complexity index is 913. The molecular formula is C16H14ClF3N4O2. The number of anilines is 1. The summed E-state index contributed by atoms with van der Waals surface area (Å²) in [5.41, 5.74) is 0.257. The van der Waals surface area contributed by atoms with Gasteiger partial charge in [0.1, 0.15) is 11.2 Å². The number of aromatic nitrogens is 3. The van der Waals surface area contributed by atoms with Crippen molar-refractivity contribution >= 4 is 23.3 Å². The topological polar surface area (TPSA) is 68.1 Å². The monoisotopic (exact) mass is 386 g/mol. The summed E-state index contributed by atoms with van der Waals surface area (Å²) in [7, 11) is 0. The Hall–Kier alpha value is -2.42. The smallest absolute Gasteiger partial charge is 0.322 e. The zero-order valence-electron chi connectivity index (χ0n) is 13.6. The molecule has 26 heavy (non-hydrogen) atoms. The lowest BCUT2D eigenvalue weighted by Crippen LogP contribution is -2.54. The molecular weight excluding hydrogens is 373 g/mol. The zero-order valence-corrected chi connectivity index (χ0v) is 14.4. The first kappa shape index (κ1) is 18.4. The molecule has 0 aromatic carbocycles. The van der Waals surface area contributed by atoms with Crippen LogP contribution < -0.4 is 10.5 Å². The third kappa shape index (κ3) is 3.44. The van der Waals surface area contributed by atoms with Crippen LogP contribution in [0.3, 0.4) is 0 Å². The standard InChI is InChI=1S/C16H14ClF3N4O2/c1-9-2-4-21-7-10(9)11(25)8-24-12(16(18,19)20)3-5-23-14(26)6-13(17)22-15(23)24/h2,4,6-7,12H,3,5,8H2,1H3. The minimum atomic E-state index is -4.59. The highest BCUT2D eigenvalue weighted by Crippen LogP contribution is 2.34. The predicted octanol–water partition coefficient (Wildman–Crippen LogP) is 2.62. The van der Waals surface area contributed by atoms with E-state index in [1.54, 1.807) is 13.0 Å². The van der Waals surface area contributed by atoms with Gasteiger partial charge in [-0.05, 0) is 25.0 Å². The molecule has 1 unspecified atom stereocenters. The number of rotatable bonds is 3. The molecule has 1 atom stereocenters. The number of fused-ring (bicyclic) bond motifs is 1. The summed E-state index contributed by atoms with van der Waals surface area (Å²) in [6, 6.07) is 0.691. The van der Waals surface area contributed by atoms with Crippen molar-refractivity contribution in [3.8, 4) is 0 Å². The Morgan fingerprint density at radius 3 is 2.81 bits per heavy atom. The Kier molecular flexibility index (Phi) is 4.74. The molecule has 0 bridgehead atoms. The fourth-order valence-electron chi connectivity index (χ4n) is 2.96. The molecule has 0 fully saturated rings. The van der Waals surface area contributed by atoms with Crippen LogP contribution in [0.15, 0.2) is 29.3 Å². The molecule has 2 aromatic rings. The molecule has 6 nitrogen and oxygen atoms in total. The SMILES string of the molecule is Cc1ccncc1C(=O)CN1c2nc(Cl)cc(=O)n2CCC1C(F)(F)F. The Labute approximate surface area is 151 Å². The zero-order chi connectivity index (χ0) is 19.1. The van der Waals surface area contributed by atoms with Crippen LogP contribution in [0.2, 0.25) is 5.15 Å². The Balaban J connectivity index is 2.05. The van der Waals surface area contributed by atoms with Crippen molar-refractivity contribution < 1.29 is 18.0 Å². The number of hydrogen-bond acceptors (Lipinski definition) is 5. The molecule has 0 aliphatic carbocycles. The first-order valence-electron chi connectivity index (χ1n) is 7.73. The summed E-state index contributed by atoms with van der Waals surface area (Å²) in [5, 5.41) is -0.223.